The van der Waals surface area contributed by atoms with Crippen LogP contribution in [-0.4, -0.2) is 19.1 Å². The van der Waals surface area contributed by atoms with E-state index < -0.39 is 0 Å². The highest BCUT2D eigenvalue weighted by Crippen LogP contribution is 2.35. The van der Waals surface area contributed by atoms with E-state index in [9.17, 15) is 4.39 Å². The molecule has 112 valence electrons. The van der Waals surface area contributed by atoms with E-state index in [1.807, 2.05) is 6.07 Å². The van der Waals surface area contributed by atoms with Gasteiger partial charge < -0.3 is 10.2 Å². The second-order valence-electron chi connectivity index (χ2n) is 6.20. The molecule has 0 radical (unpaired) electrons. The van der Waals surface area contributed by atoms with Crippen molar-refractivity contribution in [2.24, 2.45) is 5.92 Å². The molecule has 1 fully saturated rings. The summed E-state index contributed by atoms with van der Waals surface area (Å²) < 4.78 is 14.4. The van der Waals surface area contributed by atoms with Gasteiger partial charge in [0.15, 0.2) is 0 Å². The van der Waals surface area contributed by atoms with Crippen molar-refractivity contribution in [1.29, 1.82) is 0 Å². The first-order valence-corrected chi connectivity index (χ1v) is 7.83. The molecule has 3 heteroatoms. The second kappa shape index (κ2) is 6.57. The van der Waals surface area contributed by atoms with Gasteiger partial charge in [0.2, 0.25) is 0 Å². The van der Waals surface area contributed by atoms with Crippen LogP contribution in [0.3, 0.4) is 0 Å². The Bertz CT molecular complexity index is 447. The van der Waals surface area contributed by atoms with Gasteiger partial charge in [0, 0.05) is 18.6 Å². The summed E-state index contributed by atoms with van der Waals surface area (Å²) in [6.07, 6.45) is 2.23. The van der Waals surface area contributed by atoms with Crippen molar-refractivity contribution >= 4 is 5.69 Å². The third-order valence-corrected chi connectivity index (χ3v) is 4.26. The Morgan fingerprint density at radius 3 is 2.75 bits per heavy atom. The summed E-state index contributed by atoms with van der Waals surface area (Å²) in [6.45, 7) is 10.6. The number of anilines is 1. The van der Waals surface area contributed by atoms with Crippen molar-refractivity contribution in [1.82, 2.24) is 5.32 Å². The SMILES string of the molecule is CCCNC(C)c1cccc(F)c1N1CC(C)CC1C. The van der Waals surface area contributed by atoms with E-state index >= 15 is 0 Å². The third-order valence-electron chi connectivity index (χ3n) is 4.26. The first-order valence-electron chi connectivity index (χ1n) is 7.83. The molecule has 1 aliphatic heterocycles. The average molecular weight is 278 g/mol. The lowest BCUT2D eigenvalue weighted by atomic mass is 10.0. The van der Waals surface area contributed by atoms with Gasteiger partial charge in [-0.15, -0.1) is 0 Å². The van der Waals surface area contributed by atoms with Gasteiger partial charge in [-0.25, -0.2) is 4.39 Å². The van der Waals surface area contributed by atoms with E-state index in [2.05, 4.69) is 44.0 Å². The summed E-state index contributed by atoms with van der Waals surface area (Å²) in [7, 11) is 0. The van der Waals surface area contributed by atoms with Crippen LogP contribution in [0.2, 0.25) is 0 Å². The minimum absolute atomic E-state index is 0.0893. The minimum atomic E-state index is -0.0893. The summed E-state index contributed by atoms with van der Waals surface area (Å²) in [5, 5.41) is 3.47. The molecule has 20 heavy (non-hydrogen) atoms. The third kappa shape index (κ3) is 3.14. The van der Waals surface area contributed by atoms with E-state index in [4.69, 9.17) is 0 Å². The standard InChI is InChI=1S/C17H27FN2/c1-5-9-19-14(4)15-7-6-8-16(18)17(15)20-11-12(2)10-13(20)3/h6-8,12-14,19H,5,9-11H2,1-4H3. The van der Waals surface area contributed by atoms with Crippen molar-refractivity contribution < 1.29 is 4.39 Å². The molecule has 1 heterocycles. The van der Waals surface area contributed by atoms with Crippen LogP contribution in [0, 0.1) is 11.7 Å². The molecule has 1 aromatic carbocycles. The maximum absolute atomic E-state index is 14.4. The predicted molar refractivity (Wildman–Crippen MR) is 83.7 cm³/mol. The van der Waals surface area contributed by atoms with Crippen LogP contribution in [0.15, 0.2) is 18.2 Å². The molecule has 1 aromatic rings. The van der Waals surface area contributed by atoms with Crippen LogP contribution in [0.25, 0.3) is 0 Å². The van der Waals surface area contributed by atoms with Crippen LogP contribution in [0.5, 0.6) is 0 Å². The molecule has 0 aromatic heterocycles. The molecular weight excluding hydrogens is 251 g/mol. The lowest BCUT2D eigenvalue weighted by Gasteiger charge is -2.29. The van der Waals surface area contributed by atoms with Gasteiger partial charge in [-0.05, 0) is 50.8 Å². The van der Waals surface area contributed by atoms with E-state index in [1.54, 1.807) is 6.07 Å². The Labute approximate surface area is 122 Å². The molecule has 1 N–H and O–H groups in total. The zero-order chi connectivity index (χ0) is 14.7. The molecule has 1 aliphatic rings. The number of nitrogens with one attached hydrogen (secondary N) is 1. The highest BCUT2D eigenvalue weighted by Gasteiger charge is 2.30. The number of rotatable bonds is 5. The number of nitrogens with zero attached hydrogens (tertiary/aromatic N) is 1. The van der Waals surface area contributed by atoms with Gasteiger partial charge in [-0.3, -0.25) is 0 Å². The monoisotopic (exact) mass is 278 g/mol. The number of para-hydroxylation sites is 1. The summed E-state index contributed by atoms with van der Waals surface area (Å²) in [5.41, 5.74) is 1.89. The van der Waals surface area contributed by atoms with Gasteiger partial charge >= 0.3 is 0 Å². The van der Waals surface area contributed by atoms with Crippen molar-refractivity contribution in [2.45, 2.75) is 52.6 Å². The zero-order valence-electron chi connectivity index (χ0n) is 13.1. The van der Waals surface area contributed by atoms with Crippen molar-refractivity contribution in [3.8, 4) is 0 Å². The number of hydrogen-bond acceptors (Lipinski definition) is 2. The summed E-state index contributed by atoms with van der Waals surface area (Å²) in [6, 6.07) is 6.06. The lowest BCUT2D eigenvalue weighted by molar-refractivity contribution is 0.557. The Morgan fingerprint density at radius 2 is 2.15 bits per heavy atom. The highest BCUT2D eigenvalue weighted by molar-refractivity contribution is 5.57. The molecule has 0 bridgehead atoms. The molecule has 0 saturated carbocycles. The van der Waals surface area contributed by atoms with Crippen LogP contribution < -0.4 is 10.2 Å². The van der Waals surface area contributed by atoms with Gasteiger partial charge in [-0.1, -0.05) is 26.0 Å². The van der Waals surface area contributed by atoms with Gasteiger partial charge in [0.1, 0.15) is 5.82 Å². The van der Waals surface area contributed by atoms with Crippen LogP contribution >= 0.6 is 0 Å². The molecular formula is C17H27FN2. The Morgan fingerprint density at radius 1 is 1.40 bits per heavy atom. The van der Waals surface area contributed by atoms with Crippen molar-refractivity contribution in [3.63, 3.8) is 0 Å². The number of halogens is 1. The second-order valence-corrected chi connectivity index (χ2v) is 6.20. The number of hydrogen-bond donors (Lipinski definition) is 1. The van der Waals surface area contributed by atoms with Gasteiger partial charge in [0.05, 0.1) is 5.69 Å². The van der Waals surface area contributed by atoms with Gasteiger partial charge in [-0.2, -0.15) is 0 Å². The summed E-state index contributed by atoms with van der Waals surface area (Å²) >= 11 is 0. The van der Waals surface area contributed by atoms with E-state index in [0.717, 1.165) is 37.2 Å². The largest absolute Gasteiger partial charge is 0.366 e. The first kappa shape index (κ1) is 15.3. The van der Waals surface area contributed by atoms with E-state index in [-0.39, 0.29) is 11.9 Å². The normalized spacial score (nSPS) is 24.1. The zero-order valence-corrected chi connectivity index (χ0v) is 13.1. The molecule has 2 nitrogen and oxygen atoms in total. The average Bonchev–Trinajstić information content (AvgIpc) is 2.74. The topological polar surface area (TPSA) is 15.3 Å². The molecule has 0 amide bonds. The molecule has 3 unspecified atom stereocenters. The lowest BCUT2D eigenvalue weighted by Crippen LogP contribution is -2.30. The fourth-order valence-corrected chi connectivity index (χ4v) is 3.27. The smallest absolute Gasteiger partial charge is 0.146 e. The maximum Gasteiger partial charge on any atom is 0.146 e. The van der Waals surface area contributed by atoms with Crippen molar-refractivity contribution in [2.75, 3.05) is 18.0 Å². The predicted octanol–water partition coefficient (Wildman–Crippen LogP) is 4.12. The van der Waals surface area contributed by atoms with E-state index in [1.165, 1.54) is 0 Å². The van der Waals surface area contributed by atoms with Crippen LogP contribution in [0.1, 0.15) is 52.1 Å². The Hall–Kier alpha value is -1.09. The fourth-order valence-electron chi connectivity index (χ4n) is 3.27. The molecule has 0 aliphatic carbocycles. The van der Waals surface area contributed by atoms with Crippen molar-refractivity contribution in [3.05, 3.63) is 29.6 Å². The highest BCUT2D eigenvalue weighted by atomic mass is 19.1. The fraction of sp³-hybridized carbons (Fsp3) is 0.647. The quantitative estimate of drug-likeness (QED) is 0.871. The van der Waals surface area contributed by atoms with Crippen LogP contribution in [0.4, 0.5) is 10.1 Å². The molecule has 3 atom stereocenters. The maximum atomic E-state index is 14.4. The summed E-state index contributed by atoms with van der Waals surface area (Å²) in [5.74, 6) is 0.546. The molecule has 1 saturated heterocycles. The molecule has 0 spiro atoms. The Kier molecular flexibility index (Phi) is 5.03. The van der Waals surface area contributed by atoms with Gasteiger partial charge in [0.25, 0.3) is 0 Å². The number of benzene rings is 1. The Balaban J connectivity index is 2.31. The minimum Gasteiger partial charge on any atom is -0.366 e. The first-order chi connectivity index (χ1) is 9.54. The molecule has 2 rings (SSSR count). The summed E-state index contributed by atoms with van der Waals surface area (Å²) in [4.78, 5) is 2.25. The van der Waals surface area contributed by atoms with E-state index in [0.29, 0.717) is 12.0 Å². The van der Waals surface area contributed by atoms with Crippen LogP contribution in [-0.2, 0) is 0 Å².